The number of rotatable bonds is 6. The Morgan fingerprint density at radius 2 is 2.12 bits per heavy atom. The third kappa shape index (κ3) is 3.84. The van der Waals surface area contributed by atoms with E-state index in [2.05, 4.69) is 19.1 Å². The number of hydrogen-bond acceptors (Lipinski definition) is 3. The predicted octanol–water partition coefficient (Wildman–Crippen LogP) is 2.84. The van der Waals surface area contributed by atoms with Crippen LogP contribution in [-0.4, -0.2) is 24.8 Å². The molecule has 0 amide bonds. The van der Waals surface area contributed by atoms with Gasteiger partial charge in [-0.1, -0.05) is 19.1 Å². The Balaban J connectivity index is 1.81. The number of esters is 1. The highest BCUT2D eigenvalue weighted by Gasteiger charge is 2.39. The second-order valence-corrected chi connectivity index (χ2v) is 4.94. The van der Waals surface area contributed by atoms with Crippen LogP contribution in [-0.2, 0) is 14.3 Å². The van der Waals surface area contributed by atoms with Gasteiger partial charge in [0.15, 0.2) is 0 Å². The largest absolute Gasteiger partial charge is 0.462 e. The number of allylic oxidation sites excluding steroid dienone is 2. The van der Waals surface area contributed by atoms with E-state index < -0.39 is 0 Å². The van der Waals surface area contributed by atoms with Gasteiger partial charge in [0.2, 0.25) is 0 Å². The first-order valence-electron chi connectivity index (χ1n) is 6.78. The lowest BCUT2D eigenvalue weighted by Crippen LogP contribution is -2.26. The minimum Gasteiger partial charge on any atom is -0.462 e. The molecule has 96 valence electrons. The Hall–Kier alpha value is -0.830. The summed E-state index contributed by atoms with van der Waals surface area (Å²) in [5.74, 6) is -0.140. The van der Waals surface area contributed by atoms with E-state index in [4.69, 9.17) is 9.47 Å². The number of ether oxygens (including phenoxy) is 2. The van der Waals surface area contributed by atoms with E-state index in [0.29, 0.717) is 6.61 Å². The smallest absolute Gasteiger partial charge is 0.312 e. The molecule has 3 heteroatoms. The van der Waals surface area contributed by atoms with Crippen LogP contribution in [0.3, 0.4) is 0 Å². The van der Waals surface area contributed by atoms with E-state index in [-0.39, 0.29) is 24.1 Å². The number of epoxide rings is 1. The Labute approximate surface area is 103 Å². The molecule has 2 atom stereocenters. The van der Waals surface area contributed by atoms with Gasteiger partial charge in [-0.2, -0.15) is 0 Å². The molecule has 0 bridgehead atoms. The maximum absolute atomic E-state index is 12.0. The molecule has 1 aliphatic carbocycles. The zero-order chi connectivity index (χ0) is 12.1. The molecule has 0 spiro atoms. The minimum absolute atomic E-state index is 0.0554. The summed E-state index contributed by atoms with van der Waals surface area (Å²) in [5, 5.41) is 0. The number of hydrogen-bond donors (Lipinski definition) is 0. The standard InChI is InChI=1S/C14H22O3/c1-2-3-4-9-12(13-10-16-13)14(15)17-11-7-5-6-8-11/h3-4,11-13H,2,5-10H2,1H3. The Morgan fingerprint density at radius 1 is 1.41 bits per heavy atom. The van der Waals surface area contributed by atoms with Crippen molar-refractivity contribution in [2.75, 3.05) is 6.61 Å². The first kappa shape index (κ1) is 12.6. The molecule has 1 aliphatic heterocycles. The van der Waals surface area contributed by atoms with Gasteiger partial charge in [0.1, 0.15) is 6.10 Å². The van der Waals surface area contributed by atoms with Crippen molar-refractivity contribution in [3.8, 4) is 0 Å². The molecule has 0 aromatic rings. The maximum atomic E-state index is 12.0. The van der Waals surface area contributed by atoms with Crippen LogP contribution in [0.2, 0.25) is 0 Å². The Morgan fingerprint density at radius 3 is 2.71 bits per heavy atom. The topological polar surface area (TPSA) is 38.8 Å². The molecular formula is C14H22O3. The summed E-state index contributed by atoms with van der Waals surface area (Å²) in [4.78, 5) is 12.0. The number of carbonyl (C=O) groups is 1. The third-order valence-electron chi connectivity index (χ3n) is 3.49. The molecule has 2 unspecified atom stereocenters. The molecule has 0 radical (unpaired) electrons. The Kier molecular flexibility index (Phi) is 4.60. The fourth-order valence-electron chi connectivity index (χ4n) is 2.36. The Bertz CT molecular complexity index is 275. The van der Waals surface area contributed by atoms with Crippen molar-refractivity contribution < 1.29 is 14.3 Å². The first-order chi connectivity index (χ1) is 8.31. The quantitative estimate of drug-likeness (QED) is 0.406. The second kappa shape index (κ2) is 6.20. The van der Waals surface area contributed by atoms with Gasteiger partial charge in [0.05, 0.1) is 18.6 Å². The molecule has 0 aromatic heterocycles. The van der Waals surface area contributed by atoms with Crippen LogP contribution in [0, 0.1) is 5.92 Å². The zero-order valence-corrected chi connectivity index (χ0v) is 10.6. The summed E-state index contributed by atoms with van der Waals surface area (Å²) < 4.78 is 10.8. The van der Waals surface area contributed by atoms with Crippen molar-refractivity contribution in [1.82, 2.24) is 0 Å². The molecule has 17 heavy (non-hydrogen) atoms. The zero-order valence-electron chi connectivity index (χ0n) is 10.6. The molecule has 0 aromatic carbocycles. The van der Waals surface area contributed by atoms with Crippen LogP contribution in [0.25, 0.3) is 0 Å². The van der Waals surface area contributed by atoms with Crippen molar-refractivity contribution in [2.45, 2.75) is 57.7 Å². The SMILES string of the molecule is CCC=CCC(C(=O)OC1CCCC1)C1CO1. The highest BCUT2D eigenvalue weighted by atomic mass is 16.6. The van der Waals surface area contributed by atoms with Gasteiger partial charge in [-0.05, 0) is 38.5 Å². The maximum Gasteiger partial charge on any atom is 0.312 e. The lowest BCUT2D eigenvalue weighted by molar-refractivity contribution is -0.154. The molecule has 1 saturated heterocycles. The summed E-state index contributed by atoms with van der Waals surface area (Å²) in [6.45, 7) is 2.81. The van der Waals surface area contributed by atoms with Crippen molar-refractivity contribution in [2.24, 2.45) is 5.92 Å². The van der Waals surface area contributed by atoms with E-state index in [1.165, 1.54) is 12.8 Å². The molecular weight excluding hydrogens is 216 g/mol. The van der Waals surface area contributed by atoms with Gasteiger partial charge in [-0.15, -0.1) is 0 Å². The molecule has 1 heterocycles. The summed E-state index contributed by atoms with van der Waals surface area (Å²) >= 11 is 0. The highest BCUT2D eigenvalue weighted by Crippen LogP contribution is 2.28. The van der Waals surface area contributed by atoms with Crippen LogP contribution >= 0.6 is 0 Å². The van der Waals surface area contributed by atoms with Gasteiger partial charge >= 0.3 is 5.97 Å². The van der Waals surface area contributed by atoms with Gasteiger partial charge < -0.3 is 9.47 Å². The van der Waals surface area contributed by atoms with Crippen LogP contribution in [0.1, 0.15) is 45.4 Å². The van der Waals surface area contributed by atoms with Gasteiger partial charge in [-0.25, -0.2) is 0 Å². The van der Waals surface area contributed by atoms with E-state index in [9.17, 15) is 4.79 Å². The van der Waals surface area contributed by atoms with E-state index in [1.807, 2.05) is 0 Å². The average Bonchev–Trinajstić information content (AvgIpc) is 3.03. The van der Waals surface area contributed by atoms with E-state index >= 15 is 0 Å². The molecule has 0 N–H and O–H groups in total. The normalized spacial score (nSPS) is 26.3. The lowest BCUT2D eigenvalue weighted by atomic mass is 10.0. The molecule has 2 aliphatic rings. The molecule has 2 rings (SSSR count). The molecule has 2 fully saturated rings. The minimum atomic E-state index is -0.0848. The predicted molar refractivity (Wildman–Crippen MR) is 65.6 cm³/mol. The average molecular weight is 238 g/mol. The first-order valence-corrected chi connectivity index (χ1v) is 6.78. The van der Waals surface area contributed by atoms with Crippen LogP contribution < -0.4 is 0 Å². The van der Waals surface area contributed by atoms with E-state index in [0.717, 1.165) is 25.7 Å². The summed E-state index contributed by atoms with van der Waals surface area (Å²) in [6.07, 6.45) is 10.7. The van der Waals surface area contributed by atoms with Crippen LogP contribution in [0.4, 0.5) is 0 Å². The second-order valence-electron chi connectivity index (χ2n) is 4.94. The van der Waals surface area contributed by atoms with Gasteiger partial charge in [0.25, 0.3) is 0 Å². The van der Waals surface area contributed by atoms with Crippen molar-refractivity contribution in [1.29, 1.82) is 0 Å². The number of carbonyl (C=O) groups excluding carboxylic acids is 1. The lowest BCUT2D eigenvalue weighted by Gasteiger charge is -2.16. The van der Waals surface area contributed by atoms with Crippen molar-refractivity contribution in [3.05, 3.63) is 12.2 Å². The van der Waals surface area contributed by atoms with Gasteiger partial charge in [-0.3, -0.25) is 4.79 Å². The molecule has 1 saturated carbocycles. The third-order valence-corrected chi connectivity index (χ3v) is 3.49. The summed E-state index contributed by atoms with van der Waals surface area (Å²) in [5.41, 5.74) is 0. The molecule has 3 nitrogen and oxygen atoms in total. The summed E-state index contributed by atoms with van der Waals surface area (Å²) in [7, 11) is 0. The fraction of sp³-hybridized carbons (Fsp3) is 0.786. The van der Waals surface area contributed by atoms with Crippen molar-refractivity contribution in [3.63, 3.8) is 0 Å². The van der Waals surface area contributed by atoms with Crippen LogP contribution in [0.15, 0.2) is 12.2 Å². The van der Waals surface area contributed by atoms with Crippen LogP contribution in [0.5, 0.6) is 0 Å². The highest BCUT2D eigenvalue weighted by molar-refractivity contribution is 5.74. The van der Waals surface area contributed by atoms with Crippen molar-refractivity contribution >= 4 is 5.97 Å². The van der Waals surface area contributed by atoms with Gasteiger partial charge in [0, 0.05) is 0 Å². The summed E-state index contributed by atoms with van der Waals surface area (Å²) in [6, 6.07) is 0. The van der Waals surface area contributed by atoms with E-state index in [1.54, 1.807) is 0 Å². The monoisotopic (exact) mass is 238 g/mol. The fourth-order valence-corrected chi connectivity index (χ4v) is 2.36.